The van der Waals surface area contributed by atoms with Crippen LogP contribution >= 0.6 is 23.4 Å². The van der Waals surface area contributed by atoms with Crippen LogP contribution in [0.1, 0.15) is 31.4 Å². The predicted octanol–water partition coefficient (Wildman–Crippen LogP) is 5.50. The molecule has 2 aromatic carbocycles. The Labute approximate surface area is 190 Å². The van der Waals surface area contributed by atoms with Gasteiger partial charge in [-0.2, -0.15) is 0 Å². The second-order valence-corrected chi connectivity index (χ2v) is 8.61. The lowest BCUT2D eigenvalue weighted by atomic mass is 10.2. The van der Waals surface area contributed by atoms with Crippen molar-refractivity contribution in [1.29, 1.82) is 0 Å². The minimum Gasteiger partial charge on any atom is -0.489 e. The number of nitrogens with zero attached hydrogens (tertiary/aromatic N) is 1. The Morgan fingerprint density at radius 3 is 2.58 bits per heavy atom. The Balaban J connectivity index is 1.67. The number of ether oxygens (including phenoxy) is 1. The first kappa shape index (κ1) is 22.9. The smallest absolute Gasteiger partial charge is 0.294 e. The molecule has 0 saturated carbocycles. The summed E-state index contributed by atoms with van der Waals surface area (Å²) >= 11 is 7.08. The molecular weight excluding hydrogens is 436 g/mol. The van der Waals surface area contributed by atoms with E-state index in [2.05, 4.69) is 5.32 Å². The van der Waals surface area contributed by atoms with Gasteiger partial charge >= 0.3 is 0 Å². The largest absolute Gasteiger partial charge is 0.489 e. The number of carbonyl (C=O) groups excluding carboxylic acids is 3. The van der Waals surface area contributed by atoms with Crippen LogP contribution < -0.4 is 10.1 Å². The molecule has 1 fully saturated rings. The van der Waals surface area contributed by atoms with Crippen LogP contribution in [0.15, 0.2) is 47.4 Å². The summed E-state index contributed by atoms with van der Waals surface area (Å²) in [5.41, 5.74) is 2.33. The normalized spacial score (nSPS) is 16.0. The molecule has 0 spiro atoms. The fraction of sp³-hybridized carbons (Fsp3) is 0.261. The van der Waals surface area contributed by atoms with Gasteiger partial charge in [0.2, 0.25) is 5.91 Å². The van der Waals surface area contributed by atoms with E-state index in [1.54, 1.807) is 36.4 Å². The third-order valence-electron chi connectivity index (χ3n) is 4.67. The van der Waals surface area contributed by atoms with Gasteiger partial charge < -0.3 is 10.1 Å². The SMILES string of the molecule is CC[C@H](C)Oc1ccc(/C=C2/SC(=O)N(CC(=O)Nc3ccc(C)cc3)C2=O)cc1Cl. The molecule has 8 heteroatoms. The third kappa shape index (κ3) is 5.89. The molecule has 0 radical (unpaired) electrons. The Kier molecular flexibility index (Phi) is 7.41. The molecule has 3 rings (SSSR count). The van der Waals surface area contributed by atoms with Gasteiger partial charge in [-0.3, -0.25) is 19.3 Å². The lowest BCUT2D eigenvalue weighted by molar-refractivity contribution is -0.127. The molecular formula is C23H23ClN2O4S. The number of carbonyl (C=O) groups is 3. The standard InChI is InChI=1S/C23H23ClN2O4S/c1-4-15(3)30-19-10-7-16(11-18(19)24)12-20-22(28)26(23(29)31-20)13-21(27)25-17-8-5-14(2)6-9-17/h5-12,15H,4,13H2,1-3H3,(H,25,27)/b20-12+/t15-/m0/s1. The number of thioether (sulfide) groups is 1. The van der Waals surface area contributed by atoms with Crippen molar-refractivity contribution in [2.24, 2.45) is 0 Å². The average Bonchev–Trinajstić information content (AvgIpc) is 2.99. The van der Waals surface area contributed by atoms with Crippen molar-refractivity contribution in [3.05, 3.63) is 63.5 Å². The highest BCUT2D eigenvalue weighted by Crippen LogP contribution is 2.34. The van der Waals surface area contributed by atoms with Crippen molar-refractivity contribution < 1.29 is 19.1 Å². The minimum absolute atomic E-state index is 0.0332. The molecule has 1 aliphatic rings. The second-order valence-electron chi connectivity index (χ2n) is 7.21. The summed E-state index contributed by atoms with van der Waals surface area (Å²) in [6, 6.07) is 12.4. The van der Waals surface area contributed by atoms with Crippen molar-refractivity contribution in [3.63, 3.8) is 0 Å². The monoisotopic (exact) mass is 458 g/mol. The zero-order valence-corrected chi connectivity index (χ0v) is 19.0. The van der Waals surface area contributed by atoms with Crippen LogP contribution in [0, 0.1) is 6.92 Å². The second kappa shape index (κ2) is 10.0. The predicted molar refractivity (Wildman–Crippen MR) is 124 cm³/mol. The quantitative estimate of drug-likeness (QED) is 0.554. The Bertz CT molecular complexity index is 1040. The number of anilines is 1. The van der Waals surface area contributed by atoms with Crippen LogP contribution in [-0.4, -0.2) is 34.6 Å². The highest BCUT2D eigenvalue weighted by Gasteiger charge is 2.36. The van der Waals surface area contributed by atoms with E-state index in [0.29, 0.717) is 22.0 Å². The van der Waals surface area contributed by atoms with Gasteiger partial charge in [0.05, 0.1) is 16.0 Å². The first-order valence-electron chi connectivity index (χ1n) is 9.85. The van der Waals surface area contributed by atoms with E-state index in [1.807, 2.05) is 32.9 Å². The maximum atomic E-state index is 12.7. The van der Waals surface area contributed by atoms with Crippen LogP contribution in [0.4, 0.5) is 10.5 Å². The molecule has 0 aliphatic carbocycles. The average molecular weight is 459 g/mol. The van der Waals surface area contributed by atoms with Gasteiger partial charge in [-0.1, -0.05) is 42.3 Å². The fourth-order valence-electron chi connectivity index (χ4n) is 2.77. The van der Waals surface area contributed by atoms with Crippen LogP contribution in [0.25, 0.3) is 6.08 Å². The molecule has 0 bridgehead atoms. The van der Waals surface area contributed by atoms with E-state index in [9.17, 15) is 14.4 Å². The van der Waals surface area contributed by atoms with Gasteiger partial charge in [0, 0.05) is 5.69 Å². The topological polar surface area (TPSA) is 75.7 Å². The van der Waals surface area contributed by atoms with E-state index < -0.39 is 17.1 Å². The lowest BCUT2D eigenvalue weighted by Crippen LogP contribution is -2.36. The zero-order chi connectivity index (χ0) is 22.5. The molecule has 1 heterocycles. The number of aryl methyl sites for hydroxylation is 1. The van der Waals surface area contributed by atoms with Crippen molar-refractivity contribution in [1.82, 2.24) is 4.90 Å². The molecule has 0 unspecified atom stereocenters. The summed E-state index contributed by atoms with van der Waals surface area (Å²) in [6.07, 6.45) is 2.47. The number of hydrogen-bond donors (Lipinski definition) is 1. The van der Waals surface area contributed by atoms with E-state index in [-0.39, 0.29) is 17.6 Å². The lowest BCUT2D eigenvalue weighted by Gasteiger charge is -2.14. The highest BCUT2D eigenvalue weighted by atomic mass is 35.5. The number of rotatable bonds is 7. The molecule has 1 aliphatic heterocycles. The van der Waals surface area contributed by atoms with Crippen molar-refractivity contribution in [2.45, 2.75) is 33.3 Å². The highest BCUT2D eigenvalue weighted by molar-refractivity contribution is 8.18. The molecule has 31 heavy (non-hydrogen) atoms. The summed E-state index contributed by atoms with van der Waals surface area (Å²) in [5, 5.41) is 2.62. The Morgan fingerprint density at radius 1 is 1.23 bits per heavy atom. The molecule has 1 atom stereocenters. The molecule has 6 nitrogen and oxygen atoms in total. The number of imide groups is 1. The van der Waals surface area contributed by atoms with E-state index in [1.165, 1.54) is 0 Å². The summed E-state index contributed by atoms with van der Waals surface area (Å²) in [5.74, 6) is -0.388. The maximum absolute atomic E-state index is 12.7. The van der Waals surface area contributed by atoms with Crippen molar-refractivity contribution in [2.75, 3.05) is 11.9 Å². The van der Waals surface area contributed by atoms with E-state index in [4.69, 9.17) is 16.3 Å². The number of amides is 3. The van der Waals surface area contributed by atoms with Crippen LogP contribution in [0.2, 0.25) is 5.02 Å². The van der Waals surface area contributed by atoms with Gasteiger partial charge in [0.1, 0.15) is 12.3 Å². The van der Waals surface area contributed by atoms with Gasteiger partial charge in [0.25, 0.3) is 11.1 Å². The molecule has 0 aromatic heterocycles. The fourth-order valence-corrected chi connectivity index (χ4v) is 3.84. The molecule has 1 N–H and O–H groups in total. The number of hydrogen-bond acceptors (Lipinski definition) is 5. The van der Waals surface area contributed by atoms with Crippen molar-refractivity contribution in [3.8, 4) is 5.75 Å². The Hall–Kier alpha value is -2.77. The Morgan fingerprint density at radius 2 is 1.94 bits per heavy atom. The van der Waals surface area contributed by atoms with E-state index >= 15 is 0 Å². The van der Waals surface area contributed by atoms with E-state index in [0.717, 1.165) is 28.6 Å². The maximum Gasteiger partial charge on any atom is 0.294 e. The third-order valence-corrected chi connectivity index (χ3v) is 5.87. The summed E-state index contributed by atoms with van der Waals surface area (Å²) < 4.78 is 5.74. The first-order chi connectivity index (χ1) is 14.8. The summed E-state index contributed by atoms with van der Waals surface area (Å²) in [4.78, 5) is 38.4. The minimum atomic E-state index is -0.509. The zero-order valence-electron chi connectivity index (χ0n) is 17.5. The summed E-state index contributed by atoms with van der Waals surface area (Å²) in [6.45, 7) is 5.56. The molecule has 3 amide bonds. The number of halogens is 1. The van der Waals surface area contributed by atoms with Gasteiger partial charge in [0.15, 0.2) is 0 Å². The first-order valence-corrected chi connectivity index (χ1v) is 11.0. The molecule has 2 aromatic rings. The van der Waals surface area contributed by atoms with Gasteiger partial charge in [-0.15, -0.1) is 0 Å². The molecule has 1 saturated heterocycles. The van der Waals surface area contributed by atoms with Gasteiger partial charge in [-0.25, -0.2) is 0 Å². The van der Waals surface area contributed by atoms with Crippen LogP contribution in [0.3, 0.4) is 0 Å². The number of nitrogens with one attached hydrogen (secondary N) is 1. The van der Waals surface area contributed by atoms with Crippen LogP contribution in [-0.2, 0) is 9.59 Å². The van der Waals surface area contributed by atoms with Gasteiger partial charge in [-0.05, 0) is 67.9 Å². The molecule has 162 valence electrons. The van der Waals surface area contributed by atoms with Crippen LogP contribution in [0.5, 0.6) is 5.75 Å². The van der Waals surface area contributed by atoms with Crippen molar-refractivity contribution >= 4 is 52.2 Å². The number of benzene rings is 2. The summed E-state index contributed by atoms with van der Waals surface area (Å²) in [7, 11) is 0.